The van der Waals surface area contributed by atoms with Crippen molar-refractivity contribution < 1.29 is 23.2 Å². The minimum atomic E-state index is -0.914. The quantitative estimate of drug-likeness (QED) is 0.313. The second-order valence-corrected chi connectivity index (χ2v) is 5.17. The molecular weight excluding hydrogens is 320 g/mol. The first-order valence-electron chi connectivity index (χ1n) is 7.49. The van der Waals surface area contributed by atoms with E-state index in [1.54, 1.807) is 24.3 Å². The molecule has 0 N–H and O–H groups in total. The summed E-state index contributed by atoms with van der Waals surface area (Å²) in [5.41, 5.74) is 1.33. The second-order valence-electron chi connectivity index (χ2n) is 5.17. The molecule has 0 atom stereocenters. The zero-order valence-electron chi connectivity index (χ0n) is 13.7. The monoisotopic (exact) mass is 338 g/mol. The predicted octanol–water partition coefficient (Wildman–Crippen LogP) is 4.13. The van der Waals surface area contributed by atoms with E-state index in [2.05, 4.69) is 26.3 Å². The molecule has 0 spiro atoms. The van der Waals surface area contributed by atoms with E-state index in [1.807, 2.05) is 0 Å². The Morgan fingerprint density at radius 2 is 1.28 bits per heavy atom. The van der Waals surface area contributed by atoms with Gasteiger partial charge in [0.25, 0.3) is 0 Å². The molecule has 25 heavy (non-hydrogen) atoms. The molecule has 0 aliphatic carbocycles. The van der Waals surface area contributed by atoms with E-state index in [0.29, 0.717) is 12.8 Å². The van der Waals surface area contributed by atoms with Gasteiger partial charge in [0.05, 0.1) is 23.7 Å². The van der Waals surface area contributed by atoms with Crippen molar-refractivity contribution in [3.8, 4) is 0 Å². The average Bonchev–Trinajstić information content (AvgIpc) is 3.23. The van der Waals surface area contributed by atoms with Crippen molar-refractivity contribution in [2.24, 2.45) is 0 Å². The third-order valence-electron chi connectivity index (χ3n) is 3.45. The molecule has 0 aliphatic heterocycles. The Balaban J connectivity index is 2.10. The molecule has 0 fully saturated rings. The molecule has 128 valence electrons. The fourth-order valence-corrected chi connectivity index (χ4v) is 2.23. The molecule has 0 unspecified atom stereocenters. The highest BCUT2D eigenvalue weighted by Crippen LogP contribution is 2.24. The first-order chi connectivity index (χ1) is 12.0. The Hall–Kier alpha value is -3.34. The molecule has 0 amide bonds. The van der Waals surface area contributed by atoms with Crippen molar-refractivity contribution in [3.63, 3.8) is 0 Å². The summed E-state index contributed by atoms with van der Waals surface area (Å²) in [7, 11) is 0. The zero-order valence-corrected chi connectivity index (χ0v) is 13.7. The number of hydrogen-bond acceptors (Lipinski definition) is 5. The zero-order chi connectivity index (χ0) is 18.4. The molecular formula is C20H18O5. The highest BCUT2D eigenvalue weighted by molar-refractivity contribution is 6.24. The Bertz CT molecular complexity index is 777. The van der Waals surface area contributed by atoms with Gasteiger partial charge in [0.15, 0.2) is 0 Å². The molecule has 0 aromatic carbocycles. The van der Waals surface area contributed by atoms with E-state index in [-0.39, 0.29) is 22.7 Å². The van der Waals surface area contributed by atoms with E-state index in [9.17, 15) is 9.59 Å². The van der Waals surface area contributed by atoms with Gasteiger partial charge in [0.1, 0.15) is 11.5 Å². The van der Waals surface area contributed by atoms with Gasteiger partial charge >= 0.3 is 11.9 Å². The Morgan fingerprint density at radius 3 is 1.64 bits per heavy atom. The maximum absolute atomic E-state index is 12.2. The van der Waals surface area contributed by atoms with Crippen molar-refractivity contribution in [3.05, 3.63) is 85.8 Å². The van der Waals surface area contributed by atoms with Crippen LogP contribution in [0.4, 0.5) is 0 Å². The fraction of sp³-hybridized carbons (Fsp3) is 0.100. The van der Waals surface area contributed by atoms with Crippen LogP contribution in [0.3, 0.4) is 0 Å². The molecule has 0 saturated heterocycles. The van der Waals surface area contributed by atoms with Crippen molar-refractivity contribution in [1.82, 2.24) is 0 Å². The molecule has 2 aromatic rings. The van der Waals surface area contributed by atoms with Crippen LogP contribution in [0, 0.1) is 0 Å². The highest BCUT2D eigenvalue weighted by Gasteiger charge is 2.24. The summed E-state index contributed by atoms with van der Waals surface area (Å²) < 4.78 is 15.3. The maximum atomic E-state index is 12.2. The number of carbonyl (C=O) groups is 2. The highest BCUT2D eigenvalue weighted by atomic mass is 16.6. The van der Waals surface area contributed by atoms with Crippen LogP contribution >= 0.6 is 0 Å². The van der Waals surface area contributed by atoms with Crippen LogP contribution in [0.2, 0.25) is 0 Å². The van der Waals surface area contributed by atoms with E-state index in [1.165, 1.54) is 12.5 Å². The summed E-state index contributed by atoms with van der Waals surface area (Å²) in [5, 5.41) is 0. The lowest BCUT2D eigenvalue weighted by Gasteiger charge is -2.07. The Morgan fingerprint density at radius 1 is 0.880 bits per heavy atom. The summed E-state index contributed by atoms with van der Waals surface area (Å²) in [6, 6.07) is 3.39. The first kappa shape index (κ1) is 18.0. The van der Waals surface area contributed by atoms with Gasteiger partial charge in [-0.3, -0.25) is 0 Å². The number of hydrogen-bond donors (Lipinski definition) is 0. The van der Waals surface area contributed by atoms with Crippen molar-refractivity contribution in [2.75, 3.05) is 0 Å². The standard InChI is InChI=1S/C20H18O5/c1-5-7-15-9-11-23-17(15)13(3)19(21)25-20(22)14(4)18-16(8-6-2)10-12-24-18/h5-6,9-12H,1-4,7-8H2. The lowest BCUT2D eigenvalue weighted by atomic mass is 10.1. The SMILES string of the molecule is C=CCc1ccoc1C(=C)C(=O)OC(=O)C(=C)c1occc1CC=C. The molecule has 0 bridgehead atoms. The predicted molar refractivity (Wildman–Crippen MR) is 94.4 cm³/mol. The van der Waals surface area contributed by atoms with Gasteiger partial charge in [0.2, 0.25) is 0 Å². The van der Waals surface area contributed by atoms with Crippen molar-refractivity contribution >= 4 is 23.1 Å². The van der Waals surface area contributed by atoms with Gasteiger partial charge < -0.3 is 13.6 Å². The topological polar surface area (TPSA) is 69.7 Å². The maximum Gasteiger partial charge on any atom is 0.349 e. The first-order valence-corrected chi connectivity index (χ1v) is 7.49. The minimum absolute atomic E-state index is 0.0613. The third-order valence-corrected chi connectivity index (χ3v) is 3.45. The van der Waals surface area contributed by atoms with Gasteiger partial charge in [-0.1, -0.05) is 25.3 Å². The number of esters is 2. The molecule has 5 nitrogen and oxygen atoms in total. The van der Waals surface area contributed by atoms with Gasteiger partial charge in [-0.2, -0.15) is 0 Å². The van der Waals surface area contributed by atoms with Crippen molar-refractivity contribution in [1.29, 1.82) is 0 Å². The lowest BCUT2D eigenvalue weighted by Crippen LogP contribution is -2.15. The van der Waals surface area contributed by atoms with E-state index in [4.69, 9.17) is 13.6 Å². The Kier molecular flexibility index (Phi) is 5.74. The molecule has 2 heterocycles. The summed E-state index contributed by atoms with van der Waals surface area (Å²) in [5.74, 6) is -1.31. The molecule has 0 saturated carbocycles. The largest absolute Gasteiger partial charge is 0.464 e. The van der Waals surface area contributed by atoms with Gasteiger partial charge in [0, 0.05) is 11.1 Å². The van der Waals surface area contributed by atoms with Gasteiger partial charge in [-0.15, -0.1) is 13.2 Å². The summed E-state index contributed by atoms with van der Waals surface area (Å²) in [4.78, 5) is 24.4. The molecule has 0 aliphatic rings. The van der Waals surface area contributed by atoms with Crippen LogP contribution in [0.1, 0.15) is 22.6 Å². The summed E-state index contributed by atoms with van der Waals surface area (Å²) >= 11 is 0. The normalized spacial score (nSPS) is 10.1. The minimum Gasteiger partial charge on any atom is -0.464 e. The number of allylic oxidation sites excluding steroid dienone is 2. The number of rotatable bonds is 8. The van der Waals surface area contributed by atoms with Crippen LogP contribution in [0.5, 0.6) is 0 Å². The summed E-state index contributed by atoms with van der Waals surface area (Å²) in [6.45, 7) is 14.5. The summed E-state index contributed by atoms with van der Waals surface area (Å²) in [6.07, 6.45) is 7.18. The average molecular weight is 338 g/mol. The van der Waals surface area contributed by atoms with Crippen molar-refractivity contribution in [2.45, 2.75) is 12.8 Å². The number of ether oxygens (including phenoxy) is 1. The van der Waals surface area contributed by atoms with E-state index in [0.717, 1.165) is 11.1 Å². The van der Waals surface area contributed by atoms with Crippen LogP contribution < -0.4 is 0 Å². The van der Waals surface area contributed by atoms with E-state index < -0.39 is 11.9 Å². The molecule has 5 heteroatoms. The van der Waals surface area contributed by atoms with Crippen LogP contribution in [0.15, 0.2) is 72.0 Å². The van der Waals surface area contributed by atoms with E-state index >= 15 is 0 Å². The molecule has 2 aromatic heterocycles. The van der Waals surface area contributed by atoms with Crippen LogP contribution in [-0.4, -0.2) is 11.9 Å². The van der Waals surface area contributed by atoms with Crippen LogP contribution in [0.25, 0.3) is 11.1 Å². The molecule has 2 rings (SSSR count). The fourth-order valence-electron chi connectivity index (χ4n) is 2.23. The number of furan rings is 2. The smallest absolute Gasteiger partial charge is 0.349 e. The molecule has 0 radical (unpaired) electrons. The number of carbonyl (C=O) groups excluding carboxylic acids is 2. The lowest BCUT2D eigenvalue weighted by molar-refractivity contribution is -0.151. The van der Waals surface area contributed by atoms with Gasteiger partial charge in [-0.05, 0) is 25.0 Å². The van der Waals surface area contributed by atoms with Gasteiger partial charge in [-0.25, -0.2) is 9.59 Å². The Labute approximate surface area is 145 Å². The van der Waals surface area contributed by atoms with Crippen LogP contribution in [-0.2, 0) is 27.2 Å². The third kappa shape index (κ3) is 3.95. The second kappa shape index (κ2) is 7.97.